The molecule has 4 fully saturated rings. The van der Waals surface area contributed by atoms with Crippen molar-refractivity contribution in [3.05, 3.63) is 95.8 Å². The summed E-state index contributed by atoms with van der Waals surface area (Å²) in [6, 6.07) is 17.1. The first kappa shape index (κ1) is 51.7. The van der Waals surface area contributed by atoms with Crippen LogP contribution >= 0.6 is 0 Å². The van der Waals surface area contributed by atoms with Gasteiger partial charge in [0.2, 0.25) is 5.91 Å². The Morgan fingerprint density at radius 2 is 1.16 bits per heavy atom. The average Bonchev–Trinajstić information content (AvgIpc) is 4.24. The fraction of sp³-hybridized carbons (Fsp3) is 0.481. The molecule has 0 saturated carbocycles. The van der Waals surface area contributed by atoms with Crippen molar-refractivity contribution in [2.24, 2.45) is 31.7 Å². The number of hydrogen-bond acceptors (Lipinski definition) is 15. The Kier molecular flexibility index (Phi) is 15.6. The van der Waals surface area contributed by atoms with Crippen molar-refractivity contribution < 1.29 is 54.1 Å². The van der Waals surface area contributed by atoms with E-state index in [-0.39, 0.29) is 43.0 Å². The first-order valence-electron chi connectivity index (χ1n) is 25.9. The Morgan fingerprint density at radius 3 is 1.65 bits per heavy atom. The lowest BCUT2D eigenvalue weighted by Gasteiger charge is -2.36. The molecule has 6 aliphatic rings. The maximum Gasteiger partial charge on any atom is 0.308 e. The third-order valence-electron chi connectivity index (χ3n) is 15.1. The van der Waals surface area contributed by atoms with Crippen molar-refractivity contribution in [1.82, 2.24) is 34.7 Å². The van der Waals surface area contributed by atoms with Gasteiger partial charge in [-0.3, -0.25) is 19.0 Å². The van der Waals surface area contributed by atoms with Crippen LogP contribution in [0.1, 0.15) is 50.4 Å². The molecule has 6 aliphatic heterocycles. The van der Waals surface area contributed by atoms with Gasteiger partial charge < -0.3 is 64.9 Å². The number of benzene rings is 4. The second-order valence-corrected chi connectivity index (χ2v) is 20.3. The van der Waals surface area contributed by atoms with Crippen LogP contribution in [0.2, 0.25) is 0 Å². The molecule has 0 aliphatic carbocycles. The van der Waals surface area contributed by atoms with E-state index in [2.05, 4.69) is 59.4 Å². The van der Waals surface area contributed by atoms with Gasteiger partial charge in [-0.2, -0.15) is 10.2 Å². The van der Waals surface area contributed by atoms with E-state index in [1.165, 1.54) is 18.6 Å². The van der Waals surface area contributed by atoms with Gasteiger partial charge in [-0.15, -0.1) is 0 Å². The molecule has 75 heavy (non-hydrogen) atoms. The van der Waals surface area contributed by atoms with Crippen molar-refractivity contribution in [1.29, 1.82) is 0 Å². The first-order valence-corrected chi connectivity index (χ1v) is 25.9. The van der Waals surface area contributed by atoms with Gasteiger partial charge in [-0.1, -0.05) is 0 Å². The molecule has 6 atom stereocenters. The normalized spacial score (nSPS) is 20.7. The summed E-state index contributed by atoms with van der Waals surface area (Å²) in [5.41, 5.74) is 11.1. The van der Waals surface area contributed by atoms with E-state index in [1.54, 1.807) is 12.1 Å². The Bertz CT molecular complexity index is 3010. The number of aryl methyl sites for hydroxylation is 2. The smallest absolute Gasteiger partial charge is 0.308 e. The molecular formula is C54H68F2N10O9. The summed E-state index contributed by atoms with van der Waals surface area (Å²) in [5.74, 6) is -1.52. The van der Waals surface area contributed by atoms with E-state index in [9.17, 15) is 28.6 Å². The molecule has 1 amide bonds. The Balaban J connectivity index is 0.000000152. The number of halogens is 2. The number of carboxylic acid groups (broad SMARTS) is 1. The van der Waals surface area contributed by atoms with E-state index >= 15 is 0 Å². The van der Waals surface area contributed by atoms with E-state index in [4.69, 9.17) is 29.8 Å². The predicted octanol–water partition coefficient (Wildman–Crippen LogP) is 4.63. The van der Waals surface area contributed by atoms with Crippen molar-refractivity contribution >= 4 is 45.1 Å². The summed E-state index contributed by atoms with van der Waals surface area (Å²) in [5, 5.41) is 44.4. The molecule has 12 rings (SSSR count). The zero-order valence-electron chi connectivity index (χ0n) is 42.3. The topological polar surface area (TPSA) is 218 Å². The lowest BCUT2D eigenvalue weighted by Crippen LogP contribution is -2.52. The van der Waals surface area contributed by atoms with Crippen LogP contribution in [0, 0.1) is 23.5 Å². The number of aromatic nitrogens is 4. The van der Waals surface area contributed by atoms with Crippen molar-refractivity contribution in [3.63, 3.8) is 0 Å². The Hall–Kier alpha value is -6.78. The number of carboxylic acids is 1. The fourth-order valence-corrected chi connectivity index (χ4v) is 10.5. The second-order valence-electron chi connectivity index (χ2n) is 20.3. The maximum absolute atomic E-state index is 14.7. The van der Waals surface area contributed by atoms with Crippen LogP contribution < -0.4 is 39.8 Å². The lowest BCUT2D eigenvalue weighted by molar-refractivity contribution is -0.141. The minimum atomic E-state index is -1.08. The van der Waals surface area contributed by atoms with Crippen LogP contribution in [0.4, 0.5) is 20.2 Å². The number of aliphatic hydroxyl groups is 2. The Labute approximate surface area is 434 Å². The van der Waals surface area contributed by atoms with Gasteiger partial charge in [0.25, 0.3) is 0 Å². The van der Waals surface area contributed by atoms with E-state index < -0.39 is 41.9 Å². The number of rotatable bonds is 13. The standard InChI is InChI=1S/C27H32FN5O4.C14H19FN2O3.C13H15N3O2.H2/c1-31-23-13-20(4-3-17(23)14-29-31)33-8-5-18(15-33)27(35)30-22(16-32-6-2-7-32)25(34)19-11-21(28)26-24(12-19)36-9-10-37-26;15-10-6-9(7-12-14(10)20-5-4-19-12)13(18)11(16)8-17-2-1-3-17;1-15-12-6-11(3-2-9(12)7-14-15)16-5-4-10(8-16)13(17)18;/h3-4,11-14,18,22,25,34H,2,5-10,15-16H2,1H3,(H,30,35);6-7,11,13,18H,1-5,8,16H2;2-3,6-7,10H,4-5,8H2,1H3,(H,17,18);1H/t18-,22-,25-;11-,13-;10-;/m111./s1/i;;;1+1. The van der Waals surface area contributed by atoms with Gasteiger partial charge in [0.1, 0.15) is 32.5 Å². The van der Waals surface area contributed by atoms with Crippen LogP contribution in [-0.4, -0.2) is 161 Å². The third kappa shape index (κ3) is 11.6. The van der Waals surface area contributed by atoms with Crippen molar-refractivity contribution in [2.75, 3.05) is 102 Å². The molecule has 0 radical (unpaired) electrons. The van der Waals surface area contributed by atoms with Gasteiger partial charge in [-0.05, 0) is 124 Å². The molecule has 0 spiro atoms. The number of aliphatic carboxylic acids is 1. The molecule has 6 aromatic rings. The highest BCUT2D eigenvalue weighted by molar-refractivity contribution is 5.85. The molecule has 0 bridgehead atoms. The number of aliphatic hydroxyl groups excluding tert-OH is 2. The van der Waals surface area contributed by atoms with Crippen LogP contribution in [0.5, 0.6) is 23.0 Å². The summed E-state index contributed by atoms with van der Waals surface area (Å²) >= 11 is 0. The lowest BCUT2D eigenvalue weighted by atomic mass is 9.98. The summed E-state index contributed by atoms with van der Waals surface area (Å²) in [6.07, 6.45) is 5.38. The number of fused-ring (bicyclic) bond motifs is 4. The molecule has 4 aromatic carbocycles. The number of likely N-dealkylation sites (tertiary alicyclic amines) is 2. The van der Waals surface area contributed by atoms with E-state index in [1.807, 2.05) is 48.0 Å². The summed E-state index contributed by atoms with van der Waals surface area (Å²) in [6.45, 7) is 9.06. The van der Waals surface area contributed by atoms with Gasteiger partial charge >= 0.3 is 5.97 Å². The second kappa shape index (κ2) is 22.6. The first-order chi connectivity index (χ1) is 36.3. The monoisotopic (exact) mass is 1040 g/mol. The SMILES string of the molecule is Cn1ncc2ccc(N3CC[C@@H](C(=O)N[C@H](CN4CCC4)[C@H](O)c4cc(F)c5c(c4)OCCO5)C3)cc21.Cn1ncc2ccc(N3CC[C@@H](C(=O)O)C3)cc21.N[C@H](CN1CCC1)[C@H](O)c1cc(F)c2c(c1)OCCO2.[2HH]. The number of amides is 1. The summed E-state index contributed by atoms with van der Waals surface area (Å²) in [4.78, 5) is 33.0. The fourth-order valence-electron chi connectivity index (χ4n) is 10.5. The number of nitrogens with two attached hydrogens (primary N) is 1. The summed E-state index contributed by atoms with van der Waals surface area (Å²) in [7, 11) is 3.83. The number of nitrogens with zero attached hydrogens (tertiary/aromatic N) is 8. The number of carbonyl (C=O) groups excluding carboxylic acids is 1. The highest BCUT2D eigenvalue weighted by Crippen LogP contribution is 2.38. The number of hydrogen-bond donors (Lipinski definition) is 5. The number of anilines is 2. The molecular weight excluding hydrogens is 971 g/mol. The predicted molar refractivity (Wildman–Crippen MR) is 279 cm³/mol. The Morgan fingerprint density at radius 1 is 0.680 bits per heavy atom. The zero-order chi connectivity index (χ0) is 52.3. The third-order valence-corrected chi connectivity index (χ3v) is 15.1. The van der Waals surface area contributed by atoms with Gasteiger partial charge in [0.05, 0.1) is 47.4 Å². The number of nitrogens with one attached hydrogen (secondary N) is 1. The molecule has 2 aromatic heterocycles. The van der Waals surface area contributed by atoms with Crippen LogP contribution in [0.3, 0.4) is 0 Å². The average molecular weight is 1040 g/mol. The quantitative estimate of drug-likeness (QED) is 0.107. The largest absolute Gasteiger partial charge is 0.486 e. The van der Waals surface area contributed by atoms with Gasteiger partial charge in [0.15, 0.2) is 34.6 Å². The minimum Gasteiger partial charge on any atom is -0.486 e. The molecule has 21 heteroatoms. The van der Waals surface area contributed by atoms with Crippen molar-refractivity contribution in [3.8, 4) is 23.0 Å². The van der Waals surface area contributed by atoms with Crippen molar-refractivity contribution in [2.45, 2.75) is 50.0 Å². The highest BCUT2D eigenvalue weighted by atomic mass is 19.1. The molecule has 4 saturated heterocycles. The molecule has 19 nitrogen and oxygen atoms in total. The van der Waals surface area contributed by atoms with Gasteiger partial charge in [0, 0.05) is 83.0 Å². The number of carbonyl (C=O) groups is 2. The highest BCUT2D eigenvalue weighted by Gasteiger charge is 2.35. The summed E-state index contributed by atoms with van der Waals surface area (Å²) < 4.78 is 53.8. The van der Waals surface area contributed by atoms with Gasteiger partial charge in [-0.25, -0.2) is 8.78 Å². The number of ether oxygens (including phenoxy) is 4. The van der Waals surface area contributed by atoms with Crippen LogP contribution in [-0.2, 0) is 23.7 Å². The molecule has 0 unspecified atom stereocenters. The van der Waals surface area contributed by atoms with Crippen LogP contribution in [0.15, 0.2) is 73.1 Å². The van der Waals surface area contributed by atoms with E-state index in [0.29, 0.717) is 62.9 Å². The zero-order valence-corrected chi connectivity index (χ0v) is 42.3. The van der Waals surface area contributed by atoms with Crippen LogP contribution in [0.25, 0.3) is 21.8 Å². The molecule has 6 N–H and O–H groups in total. The van der Waals surface area contributed by atoms with E-state index in [0.717, 1.165) is 91.7 Å². The molecule has 8 heterocycles. The minimum absolute atomic E-state index is 0. The maximum atomic E-state index is 14.7. The molecule has 402 valence electrons.